The highest BCUT2D eigenvalue weighted by Gasteiger charge is 2.28. The molecule has 0 aliphatic heterocycles. The quantitative estimate of drug-likeness (QED) is 0.173. The Morgan fingerprint density at radius 1 is 0.487 bits per heavy atom. The summed E-state index contributed by atoms with van der Waals surface area (Å²) in [5.41, 5.74) is 10.1. The zero-order valence-electron chi connectivity index (χ0n) is 22.7. The summed E-state index contributed by atoms with van der Waals surface area (Å²) in [6.45, 7) is 6.66. The smallest absolute Gasteiger partial charge is 0.227 e. The Kier molecular flexibility index (Phi) is 5.38. The zero-order valence-corrected chi connectivity index (χ0v) is 22.7. The van der Waals surface area contributed by atoms with Crippen LogP contribution in [0, 0.1) is 20.8 Å². The second kappa shape index (κ2) is 8.96. The van der Waals surface area contributed by atoms with Crippen molar-refractivity contribution in [1.29, 1.82) is 0 Å². The number of aromatic nitrogens is 1. The fourth-order valence-corrected chi connectivity index (χ4v) is 6.65. The van der Waals surface area contributed by atoms with Gasteiger partial charge in [-0.25, -0.2) is 0 Å². The number of aryl methyl sites for hydroxylation is 3. The molecule has 0 amide bonds. The van der Waals surface area contributed by atoms with E-state index < -0.39 is 0 Å². The van der Waals surface area contributed by atoms with Crippen LogP contribution < -0.4 is 9.30 Å². The predicted octanol–water partition coefficient (Wildman–Crippen LogP) is 9.18. The van der Waals surface area contributed by atoms with E-state index >= 15 is 0 Å². The molecule has 0 spiro atoms. The standard InChI is InChI=1S/C37H30NO/c1-23-21-24(2)34(25(3)22-23)35-30-17-9-11-19-32(30)38(33-20-12-10-18-31(33)35)36-26-13-5-7-15-28(26)37(39-4)29-16-8-6-14-27(29)36/h5-22H,1-4H3/q+1. The molecule has 7 aromatic rings. The minimum Gasteiger partial charge on any atom is -0.495 e. The Hall–Kier alpha value is -4.69. The Balaban J connectivity index is 1.76. The van der Waals surface area contributed by atoms with Gasteiger partial charge in [0.2, 0.25) is 16.7 Å². The lowest BCUT2D eigenvalue weighted by Gasteiger charge is -2.18. The van der Waals surface area contributed by atoms with Crippen molar-refractivity contribution in [2.75, 3.05) is 7.11 Å². The molecule has 0 aliphatic rings. The summed E-state index contributed by atoms with van der Waals surface area (Å²) in [6.07, 6.45) is 0. The number of rotatable bonds is 3. The average Bonchev–Trinajstić information content (AvgIpc) is 2.95. The maximum atomic E-state index is 6.01. The van der Waals surface area contributed by atoms with Crippen molar-refractivity contribution in [3.05, 3.63) is 126 Å². The van der Waals surface area contributed by atoms with Gasteiger partial charge in [0, 0.05) is 28.5 Å². The van der Waals surface area contributed by atoms with Gasteiger partial charge >= 0.3 is 0 Å². The normalized spacial score (nSPS) is 11.6. The topological polar surface area (TPSA) is 13.1 Å². The molecule has 1 aromatic heterocycles. The van der Waals surface area contributed by atoms with Crippen LogP contribution in [0.15, 0.2) is 109 Å². The van der Waals surface area contributed by atoms with Gasteiger partial charge in [-0.2, -0.15) is 4.57 Å². The molecule has 0 bridgehead atoms. The van der Waals surface area contributed by atoms with Crippen LogP contribution in [0.25, 0.3) is 60.2 Å². The Labute approximate surface area is 228 Å². The van der Waals surface area contributed by atoms with Crippen molar-refractivity contribution in [3.8, 4) is 22.6 Å². The number of hydrogen-bond donors (Lipinski definition) is 0. The lowest BCUT2D eigenvalue weighted by molar-refractivity contribution is -0.534. The average molecular weight is 505 g/mol. The minimum absolute atomic E-state index is 0.918. The number of methoxy groups -OCH3 is 1. The summed E-state index contributed by atoms with van der Waals surface area (Å²) < 4.78 is 8.48. The number of ether oxygens (including phenoxy) is 1. The number of nitrogens with zero attached hydrogens (tertiary/aromatic N) is 1. The van der Waals surface area contributed by atoms with Gasteiger partial charge in [0.15, 0.2) is 0 Å². The molecule has 39 heavy (non-hydrogen) atoms. The van der Waals surface area contributed by atoms with Crippen LogP contribution in [-0.2, 0) is 0 Å². The number of hydrogen-bond acceptors (Lipinski definition) is 1. The van der Waals surface area contributed by atoms with E-state index in [0.717, 1.165) is 16.5 Å². The summed E-state index contributed by atoms with van der Waals surface area (Å²) in [5.74, 6) is 0.918. The maximum Gasteiger partial charge on any atom is 0.227 e. The van der Waals surface area contributed by atoms with Gasteiger partial charge < -0.3 is 4.74 Å². The Morgan fingerprint density at radius 2 is 0.897 bits per heavy atom. The van der Waals surface area contributed by atoms with Crippen LogP contribution in [0.5, 0.6) is 5.75 Å². The first kappa shape index (κ1) is 23.4. The van der Waals surface area contributed by atoms with Gasteiger partial charge in [-0.3, -0.25) is 0 Å². The van der Waals surface area contributed by atoms with Crippen molar-refractivity contribution in [3.63, 3.8) is 0 Å². The van der Waals surface area contributed by atoms with Crippen molar-refractivity contribution < 1.29 is 9.30 Å². The largest absolute Gasteiger partial charge is 0.495 e. The van der Waals surface area contributed by atoms with Crippen molar-refractivity contribution in [1.82, 2.24) is 0 Å². The lowest BCUT2D eigenvalue weighted by atomic mass is 9.88. The molecular weight excluding hydrogens is 474 g/mol. The highest BCUT2D eigenvalue weighted by molar-refractivity contribution is 6.13. The third kappa shape index (κ3) is 3.45. The highest BCUT2D eigenvalue weighted by Crippen LogP contribution is 2.42. The molecule has 0 saturated carbocycles. The first-order valence-electron chi connectivity index (χ1n) is 13.5. The molecule has 6 aromatic carbocycles. The van der Waals surface area contributed by atoms with Crippen molar-refractivity contribution in [2.24, 2.45) is 0 Å². The molecule has 188 valence electrons. The molecule has 7 rings (SSSR count). The van der Waals surface area contributed by atoms with E-state index in [1.165, 1.54) is 66.1 Å². The van der Waals surface area contributed by atoms with Gasteiger partial charge in [-0.15, -0.1) is 0 Å². The van der Waals surface area contributed by atoms with E-state index in [1.54, 1.807) is 7.11 Å². The molecule has 0 unspecified atom stereocenters. The van der Waals surface area contributed by atoms with E-state index in [2.05, 4.69) is 135 Å². The summed E-state index contributed by atoms with van der Waals surface area (Å²) in [6, 6.07) is 39.5. The van der Waals surface area contributed by atoms with Crippen LogP contribution in [-0.4, -0.2) is 7.11 Å². The molecule has 0 fully saturated rings. The van der Waals surface area contributed by atoms with E-state index in [9.17, 15) is 0 Å². The molecule has 1 heterocycles. The summed E-state index contributed by atoms with van der Waals surface area (Å²) in [4.78, 5) is 0. The Morgan fingerprint density at radius 3 is 1.36 bits per heavy atom. The number of benzene rings is 6. The molecule has 0 aliphatic carbocycles. The molecule has 2 heteroatoms. The fourth-order valence-electron chi connectivity index (χ4n) is 6.65. The first-order chi connectivity index (χ1) is 19.1. The van der Waals surface area contributed by atoms with Crippen LogP contribution >= 0.6 is 0 Å². The highest BCUT2D eigenvalue weighted by atomic mass is 16.5. The lowest BCUT2D eigenvalue weighted by Crippen LogP contribution is -2.34. The summed E-state index contributed by atoms with van der Waals surface area (Å²) in [5, 5.41) is 7.06. The third-order valence-electron chi connectivity index (χ3n) is 8.04. The molecule has 2 nitrogen and oxygen atoms in total. The van der Waals surface area contributed by atoms with Gasteiger partial charge in [0.25, 0.3) is 0 Å². The van der Waals surface area contributed by atoms with Crippen molar-refractivity contribution >= 4 is 43.4 Å². The second-order valence-corrected chi connectivity index (χ2v) is 10.5. The number of para-hydroxylation sites is 2. The minimum atomic E-state index is 0.918. The van der Waals surface area contributed by atoms with Crippen molar-refractivity contribution in [2.45, 2.75) is 20.8 Å². The van der Waals surface area contributed by atoms with Gasteiger partial charge in [-0.1, -0.05) is 78.4 Å². The number of pyridine rings is 1. The zero-order chi connectivity index (χ0) is 26.7. The van der Waals surface area contributed by atoms with Crippen LogP contribution in [0.4, 0.5) is 0 Å². The second-order valence-electron chi connectivity index (χ2n) is 10.5. The predicted molar refractivity (Wildman–Crippen MR) is 164 cm³/mol. The monoisotopic (exact) mass is 504 g/mol. The molecule has 0 N–H and O–H groups in total. The molecular formula is C37H30NO+. The SMILES string of the molecule is COc1c2ccccc2c(-[n+]2c3ccccc3c(-c3c(C)cc(C)cc3C)c3ccccc32)c2ccccc12. The number of fused-ring (bicyclic) bond motifs is 4. The van der Waals surface area contributed by atoms with Gasteiger partial charge in [0.05, 0.1) is 28.7 Å². The molecule has 0 atom stereocenters. The van der Waals surface area contributed by atoms with E-state index in [1.807, 2.05) is 0 Å². The van der Waals surface area contributed by atoms with E-state index in [0.29, 0.717) is 0 Å². The summed E-state index contributed by atoms with van der Waals surface area (Å²) >= 11 is 0. The van der Waals surface area contributed by atoms with Gasteiger partial charge in [-0.05, 0) is 61.7 Å². The fraction of sp³-hybridized carbons (Fsp3) is 0.108. The van der Waals surface area contributed by atoms with Crippen LogP contribution in [0.2, 0.25) is 0 Å². The third-order valence-corrected chi connectivity index (χ3v) is 8.04. The van der Waals surface area contributed by atoms with Crippen LogP contribution in [0.3, 0.4) is 0 Å². The van der Waals surface area contributed by atoms with Gasteiger partial charge in [0.1, 0.15) is 5.75 Å². The van der Waals surface area contributed by atoms with E-state index in [-0.39, 0.29) is 0 Å². The first-order valence-corrected chi connectivity index (χ1v) is 13.5. The van der Waals surface area contributed by atoms with E-state index in [4.69, 9.17) is 4.74 Å². The molecule has 0 saturated heterocycles. The Bertz CT molecular complexity index is 1950. The summed E-state index contributed by atoms with van der Waals surface area (Å²) in [7, 11) is 1.77. The molecule has 0 radical (unpaired) electrons. The van der Waals surface area contributed by atoms with Crippen LogP contribution in [0.1, 0.15) is 16.7 Å². The maximum absolute atomic E-state index is 6.01.